The molecular weight excluding hydrogens is 262 g/mol. The van der Waals surface area contributed by atoms with Crippen molar-refractivity contribution in [3.8, 4) is 0 Å². The van der Waals surface area contributed by atoms with Crippen LogP contribution in [0.2, 0.25) is 5.02 Å². The maximum atomic E-state index is 5.93. The highest BCUT2D eigenvalue weighted by Crippen LogP contribution is 2.23. The lowest BCUT2D eigenvalue weighted by molar-refractivity contribution is 0.413. The summed E-state index contributed by atoms with van der Waals surface area (Å²) < 4.78 is 0. The number of hydrogen-bond acceptors (Lipinski definition) is 2. The predicted molar refractivity (Wildman–Crippen MR) is 84.6 cm³/mol. The molecule has 1 atom stereocenters. The van der Waals surface area contributed by atoms with Gasteiger partial charge in [-0.1, -0.05) is 44.5 Å². The topological polar surface area (TPSA) is 12.0 Å². The molecular formula is C15H24ClNS. The number of benzene rings is 1. The van der Waals surface area contributed by atoms with Gasteiger partial charge in [0, 0.05) is 11.1 Å². The minimum absolute atomic E-state index is 0.425. The molecule has 1 unspecified atom stereocenters. The molecule has 0 fully saturated rings. The summed E-state index contributed by atoms with van der Waals surface area (Å²) in [6, 6.07) is 8.62. The van der Waals surface area contributed by atoms with Crippen molar-refractivity contribution in [1.29, 1.82) is 0 Å². The molecule has 0 aliphatic carbocycles. The molecule has 0 amide bonds. The third-order valence-electron chi connectivity index (χ3n) is 2.93. The van der Waals surface area contributed by atoms with E-state index in [1.807, 2.05) is 23.9 Å². The van der Waals surface area contributed by atoms with Gasteiger partial charge >= 0.3 is 0 Å². The summed E-state index contributed by atoms with van der Waals surface area (Å²) >= 11 is 7.94. The van der Waals surface area contributed by atoms with Crippen LogP contribution in [0.1, 0.15) is 38.8 Å². The molecule has 0 heterocycles. The molecule has 0 saturated heterocycles. The molecule has 1 rings (SSSR count). The van der Waals surface area contributed by atoms with Crippen LogP contribution < -0.4 is 5.32 Å². The minimum atomic E-state index is 0.425. The Balaban J connectivity index is 2.47. The van der Waals surface area contributed by atoms with Crippen molar-refractivity contribution in [2.75, 3.05) is 18.1 Å². The van der Waals surface area contributed by atoms with Gasteiger partial charge in [0.05, 0.1) is 0 Å². The average molecular weight is 286 g/mol. The zero-order valence-corrected chi connectivity index (χ0v) is 13.2. The van der Waals surface area contributed by atoms with E-state index in [-0.39, 0.29) is 0 Å². The van der Waals surface area contributed by atoms with E-state index < -0.39 is 0 Å². The quantitative estimate of drug-likeness (QED) is 0.691. The summed E-state index contributed by atoms with van der Waals surface area (Å²) in [6.45, 7) is 7.81. The van der Waals surface area contributed by atoms with Crippen LogP contribution in [0.4, 0.5) is 0 Å². The number of halogens is 1. The summed E-state index contributed by atoms with van der Waals surface area (Å²) in [7, 11) is 0. The van der Waals surface area contributed by atoms with Crippen molar-refractivity contribution in [3.63, 3.8) is 0 Å². The maximum absolute atomic E-state index is 5.93. The van der Waals surface area contributed by atoms with Gasteiger partial charge in [0.15, 0.2) is 0 Å². The highest BCUT2D eigenvalue weighted by atomic mass is 35.5. The molecule has 0 aromatic heterocycles. The predicted octanol–water partition coefficient (Wildman–Crippen LogP) is 4.77. The highest BCUT2D eigenvalue weighted by Gasteiger charge is 2.14. The molecule has 102 valence electrons. The van der Waals surface area contributed by atoms with Crippen LogP contribution in [-0.4, -0.2) is 18.1 Å². The maximum Gasteiger partial charge on any atom is 0.0406 e. The standard InChI is InChI=1S/C15H24ClNS/c1-4-18-11-5-10-17-15(12(2)3)13-6-8-14(16)9-7-13/h6-9,12,15,17H,4-5,10-11H2,1-3H3. The fourth-order valence-electron chi connectivity index (χ4n) is 1.98. The van der Waals surface area contributed by atoms with E-state index >= 15 is 0 Å². The van der Waals surface area contributed by atoms with Gasteiger partial charge in [-0.25, -0.2) is 0 Å². The second-order valence-corrected chi connectivity index (χ2v) is 6.61. The first-order valence-electron chi connectivity index (χ1n) is 6.71. The first kappa shape index (κ1) is 15.9. The van der Waals surface area contributed by atoms with E-state index in [4.69, 9.17) is 11.6 Å². The fraction of sp³-hybridized carbons (Fsp3) is 0.600. The molecule has 0 aliphatic rings. The number of hydrogen-bond donors (Lipinski definition) is 1. The van der Waals surface area contributed by atoms with Crippen LogP contribution in [0.25, 0.3) is 0 Å². The third kappa shape index (κ3) is 5.64. The van der Waals surface area contributed by atoms with Gasteiger partial charge in [0.25, 0.3) is 0 Å². The van der Waals surface area contributed by atoms with Gasteiger partial charge in [-0.3, -0.25) is 0 Å². The van der Waals surface area contributed by atoms with Gasteiger partial charge in [-0.15, -0.1) is 0 Å². The smallest absolute Gasteiger partial charge is 0.0406 e. The van der Waals surface area contributed by atoms with Crippen LogP contribution in [0, 0.1) is 5.92 Å². The molecule has 1 nitrogen and oxygen atoms in total. The zero-order chi connectivity index (χ0) is 13.4. The summed E-state index contributed by atoms with van der Waals surface area (Å²) in [5, 5.41) is 4.46. The second kappa shape index (κ2) is 8.84. The van der Waals surface area contributed by atoms with Gasteiger partial charge in [-0.2, -0.15) is 11.8 Å². The Hall–Kier alpha value is -0.180. The van der Waals surface area contributed by atoms with Gasteiger partial charge in [-0.05, 0) is 48.1 Å². The third-order valence-corrected chi connectivity index (χ3v) is 4.17. The van der Waals surface area contributed by atoms with Crippen LogP contribution in [0.15, 0.2) is 24.3 Å². The summed E-state index contributed by atoms with van der Waals surface area (Å²) in [5.41, 5.74) is 1.33. The van der Waals surface area contributed by atoms with Crippen LogP contribution in [0.5, 0.6) is 0 Å². The number of nitrogens with one attached hydrogen (secondary N) is 1. The van der Waals surface area contributed by atoms with E-state index in [0.717, 1.165) is 11.6 Å². The van der Waals surface area contributed by atoms with E-state index in [0.29, 0.717) is 12.0 Å². The summed E-state index contributed by atoms with van der Waals surface area (Å²) in [6.07, 6.45) is 1.23. The molecule has 18 heavy (non-hydrogen) atoms. The summed E-state index contributed by atoms with van der Waals surface area (Å²) in [5.74, 6) is 3.05. The molecule has 1 aromatic carbocycles. The molecule has 1 aromatic rings. The van der Waals surface area contributed by atoms with E-state index in [1.165, 1.54) is 23.5 Å². The van der Waals surface area contributed by atoms with E-state index in [1.54, 1.807) is 0 Å². The normalized spacial score (nSPS) is 12.9. The lowest BCUT2D eigenvalue weighted by Gasteiger charge is -2.23. The first-order valence-corrected chi connectivity index (χ1v) is 8.25. The zero-order valence-electron chi connectivity index (χ0n) is 11.6. The Morgan fingerprint density at radius 1 is 1.22 bits per heavy atom. The first-order chi connectivity index (χ1) is 8.65. The van der Waals surface area contributed by atoms with Crippen LogP contribution in [0.3, 0.4) is 0 Å². The SMILES string of the molecule is CCSCCCNC(c1ccc(Cl)cc1)C(C)C. The van der Waals surface area contributed by atoms with Crippen molar-refractivity contribution in [3.05, 3.63) is 34.9 Å². The van der Waals surface area contributed by atoms with Crippen molar-refractivity contribution in [2.24, 2.45) is 5.92 Å². The van der Waals surface area contributed by atoms with Crippen molar-refractivity contribution >= 4 is 23.4 Å². The molecule has 3 heteroatoms. The van der Waals surface area contributed by atoms with Gasteiger partial charge < -0.3 is 5.32 Å². The lowest BCUT2D eigenvalue weighted by atomic mass is 9.96. The molecule has 0 spiro atoms. The Bertz CT molecular complexity index is 324. The van der Waals surface area contributed by atoms with Crippen LogP contribution in [-0.2, 0) is 0 Å². The minimum Gasteiger partial charge on any atom is -0.310 e. The highest BCUT2D eigenvalue weighted by molar-refractivity contribution is 7.99. The molecule has 0 saturated carbocycles. The number of rotatable bonds is 8. The van der Waals surface area contributed by atoms with Crippen molar-refractivity contribution < 1.29 is 0 Å². The Kier molecular flexibility index (Phi) is 7.80. The van der Waals surface area contributed by atoms with Crippen molar-refractivity contribution in [2.45, 2.75) is 33.2 Å². The molecule has 1 N–H and O–H groups in total. The lowest BCUT2D eigenvalue weighted by Crippen LogP contribution is -2.27. The average Bonchev–Trinajstić information content (AvgIpc) is 2.35. The molecule has 0 aliphatic heterocycles. The van der Waals surface area contributed by atoms with Gasteiger partial charge in [0.2, 0.25) is 0 Å². The molecule has 0 radical (unpaired) electrons. The fourth-order valence-corrected chi connectivity index (χ4v) is 2.75. The van der Waals surface area contributed by atoms with Crippen molar-refractivity contribution in [1.82, 2.24) is 5.32 Å². The monoisotopic (exact) mass is 285 g/mol. The number of thioether (sulfide) groups is 1. The summed E-state index contributed by atoms with van der Waals surface area (Å²) in [4.78, 5) is 0. The largest absolute Gasteiger partial charge is 0.310 e. The Morgan fingerprint density at radius 3 is 2.44 bits per heavy atom. The van der Waals surface area contributed by atoms with E-state index in [2.05, 4.69) is 38.2 Å². The van der Waals surface area contributed by atoms with Gasteiger partial charge in [0.1, 0.15) is 0 Å². The van der Waals surface area contributed by atoms with E-state index in [9.17, 15) is 0 Å². The molecule has 0 bridgehead atoms. The Morgan fingerprint density at radius 2 is 1.89 bits per heavy atom. The van der Waals surface area contributed by atoms with Crippen LogP contribution >= 0.6 is 23.4 Å². The Labute approximate surface area is 121 Å². The second-order valence-electron chi connectivity index (χ2n) is 4.78.